The number of hydrogen-bond acceptors (Lipinski definition) is 2. The van der Waals surface area contributed by atoms with Crippen molar-refractivity contribution in [3.05, 3.63) is 46.1 Å². The number of allylic oxidation sites excluding steroid dienone is 1. The molecule has 0 unspecified atom stereocenters. The first-order valence-electron chi connectivity index (χ1n) is 7.18. The lowest BCUT2D eigenvalue weighted by Gasteiger charge is -2.24. The number of aliphatic imine (C=N–C) groups is 1. The number of aryl methyl sites for hydroxylation is 2. The quantitative estimate of drug-likeness (QED) is 0.261. The molecule has 4 heteroatoms. The Labute approximate surface area is 132 Å². The number of halogens is 1. The van der Waals surface area contributed by atoms with E-state index in [0.717, 1.165) is 41.9 Å². The molecule has 0 aliphatic carbocycles. The van der Waals surface area contributed by atoms with Crippen LogP contribution in [0.15, 0.2) is 34.4 Å². The fourth-order valence-electron chi connectivity index (χ4n) is 2.20. The monoisotopic (exact) mass is 306 g/mol. The van der Waals surface area contributed by atoms with Gasteiger partial charge in [-0.15, -0.1) is 0 Å². The van der Waals surface area contributed by atoms with E-state index in [-0.39, 0.29) is 5.16 Å². The number of hydrogen-bond donors (Lipinski definition) is 0. The average molecular weight is 307 g/mol. The first kappa shape index (κ1) is 17.4. The van der Waals surface area contributed by atoms with Gasteiger partial charge in [0.2, 0.25) is 0 Å². The normalized spacial score (nSPS) is 12.4. The maximum absolute atomic E-state index is 10.6. The zero-order valence-electron chi connectivity index (χ0n) is 13.2. The molecule has 1 aromatic carbocycles. The van der Waals surface area contributed by atoms with Gasteiger partial charge in [0.1, 0.15) is 17.3 Å². The Hall–Kier alpha value is -1.61. The Morgan fingerprint density at radius 2 is 1.95 bits per heavy atom. The smallest absolute Gasteiger partial charge is 0.145 e. The molecule has 114 valence electrons. The molecule has 1 rings (SSSR count). The molecule has 0 saturated carbocycles. The van der Waals surface area contributed by atoms with Crippen LogP contribution in [0.2, 0.25) is 0 Å². The molecule has 21 heavy (non-hydrogen) atoms. The van der Waals surface area contributed by atoms with Gasteiger partial charge in [-0.3, -0.25) is 4.79 Å². The largest absolute Gasteiger partial charge is 0.359 e. The minimum atomic E-state index is 0.200. The van der Waals surface area contributed by atoms with Gasteiger partial charge in [-0.05, 0) is 31.4 Å². The van der Waals surface area contributed by atoms with Crippen LogP contribution in [0.5, 0.6) is 0 Å². The summed E-state index contributed by atoms with van der Waals surface area (Å²) in [4.78, 5) is 17.1. The SMILES string of the molecule is CCCCN(C)/C(=N\C(Cl)=C\C=O)c1c(C)cccc1C. The van der Waals surface area contributed by atoms with Crippen molar-refractivity contribution in [1.82, 2.24) is 4.90 Å². The van der Waals surface area contributed by atoms with Crippen LogP contribution in [0.4, 0.5) is 0 Å². The number of carbonyl (C=O) groups is 1. The third-order valence-electron chi connectivity index (χ3n) is 3.33. The summed E-state index contributed by atoms with van der Waals surface area (Å²) in [5, 5.41) is 0.200. The van der Waals surface area contributed by atoms with Crippen molar-refractivity contribution < 1.29 is 4.79 Å². The summed E-state index contributed by atoms with van der Waals surface area (Å²) < 4.78 is 0. The van der Waals surface area contributed by atoms with Crippen molar-refractivity contribution in [2.24, 2.45) is 4.99 Å². The Bertz CT molecular complexity index is 529. The van der Waals surface area contributed by atoms with E-state index >= 15 is 0 Å². The predicted molar refractivity (Wildman–Crippen MR) is 90.0 cm³/mol. The van der Waals surface area contributed by atoms with Crippen LogP contribution in [0.3, 0.4) is 0 Å². The van der Waals surface area contributed by atoms with Crippen molar-refractivity contribution in [3.63, 3.8) is 0 Å². The average Bonchev–Trinajstić information content (AvgIpc) is 2.43. The Morgan fingerprint density at radius 3 is 2.48 bits per heavy atom. The molecule has 0 bridgehead atoms. The van der Waals surface area contributed by atoms with E-state index in [9.17, 15) is 4.79 Å². The highest BCUT2D eigenvalue weighted by molar-refractivity contribution is 6.31. The zero-order chi connectivity index (χ0) is 15.8. The van der Waals surface area contributed by atoms with E-state index in [4.69, 9.17) is 11.6 Å². The summed E-state index contributed by atoms with van der Waals surface area (Å²) in [5.41, 5.74) is 3.37. The molecule has 0 heterocycles. The molecule has 0 radical (unpaired) electrons. The van der Waals surface area contributed by atoms with Crippen molar-refractivity contribution in [2.75, 3.05) is 13.6 Å². The molecule has 0 amide bonds. The highest BCUT2D eigenvalue weighted by Gasteiger charge is 2.14. The number of aldehydes is 1. The molecular weight excluding hydrogens is 284 g/mol. The second kappa shape index (κ2) is 8.63. The summed E-state index contributed by atoms with van der Waals surface area (Å²) in [6.45, 7) is 7.17. The molecule has 0 N–H and O–H groups in total. The van der Waals surface area contributed by atoms with Gasteiger partial charge in [0.15, 0.2) is 0 Å². The van der Waals surface area contributed by atoms with Crippen molar-refractivity contribution in [3.8, 4) is 0 Å². The summed E-state index contributed by atoms with van der Waals surface area (Å²) in [5.74, 6) is 0.808. The van der Waals surface area contributed by atoms with E-state index < -0.39 is 0 Å². The highest BCUT2D eigenvalue weighted by atomic mass is 35.5. The molecule has 0 aliphatic rings. The summed E-state index contributed by atoms with van der Waals surface area (Å²) in [6, 6.07) is 6.15. The van der Waals surface area contributed by atoms with Crippen LogP contribution in [-0.2, 0) is 4.79 Å². The standard InChI is InChI=1S/C17H23ClN2O/c1-5-6-11-20(4)17(19-15(18)10-12-21)16-13(2)8-7-9-14(16)3/h7-10,12H,5-6,11H2,1-4H3/b15-10+,19-17-. The van der Waals surface area contributed by atoms with Crippen LogP contribution in [0.25, 0.3) is 0 Å². The van der Waals surface area contributed by atoms with Crippen LogP contribution in [0, 0.1) is 13.8 Å². The van der Waals surface area contributed by atoms with Gasteiger partial charge in [0.25, 0.3) is 0 Å². The Kier molecular flexibility index (Phi) is 7.17. The maximum Gasteiger partial charge on any atom is 0.145 e. The second-order valence-corrected chi connectivity index (χ2v) is 5.49. The van der Waals surface area contributed by atoms with E-state index in [1.165, 1.54) is 6.08 Å². The third kappa shape index (κ3) is 5.01. The van der Waals surface area contributed by atoms with Gasteiger partial charge >= 0.3 is 0 Å². The molecule has 1 aromatic rings. The summed E-state index contributed by atoms with van der Waals surface area (Å²) in [6.07, 6.45) is 4.11. The van der Waals surface area contributed by atoms with Crippen LogP contribution in [-0.4, -0.2) is 30.6 Å². The van der Waals surface area contributed by atoms with E-state index in [0.29, 0.717) is 6.29 Å². The maximum atomic E-state index is 10.6. The highest BCUT2D eigenvalue weighted by Crippen LogP contribution is 2.18. The Balaban J connectivity index is 3.31. The first-order chi connectivity index (χ1) is 10.0. The second-order valence-electron chi connectivity index (χ2n) is 5.10. The minimum Gasteiger partial charge on any atom is -0.359 e. The molecule has 3 nitrogen and oxygen atoms in total. The number of nitrogens with zero attached hydrogens (tertiary/aromatic N) is 2. The van der Waals surface area contributed by atoms with Gasteiger partial charge < -0.3 is 4.90 Å². The number of carbonyl (C=O) groups excluding carboxylic acids is 1. The van der Waals surface area contributed by atoms with Crippen molar-refractivity contribution in [2.45, 2.75) is 33.6 Å². The summed E-state index contributed by atoms with van der Waals surface area (Å²) in [7, 11) is 2.01. The first-order valence-corrected chi connectivity index (χ1v) is 7.56. The zero-order valence-corrected chi connectivity index (χ0v) is 13.9. The number of benzene rings is 1. The van der Waals surface area contributed by atoms with Gasteiger partial charge in [0.05, 0.1) is 0 Å². The lowest BCUT2D eigenvalue weighted by Crippen LogP contribution is -2.30. The lowest BCUT2D eigenvalue weighted by molar-refractivity contribution is -0.104. The molecule has 0 aromatic heterocycles. The van der Waals surface area contributed by atoms with Crippen LogP contribution < -0.4 is 0 Å². The van der Waals surface area contributed by atoms with Gasteiger partial charge in [-0.25, -0.2) is 4.99 Å². The molecule has 0 fully saturated rings. The van der Waals surface area contributed by atoms with Crippen LogP contribution >= 0.6 is 11.6 Å². The molecule has 0 spiro atoms. The van der Waals surface area contributed by atoms with Crippen molar-refractivity contribution >= 4 is 23.7 Å². The lowest BCUT2D eigenvalue weighted by atomic mass is 10.0. The fraction of sp³-hybridized carbons (Fsp3) is 0.412. The number of unbranched alkanes of at least 4 members (excludes halogenated alkanes) is 1. The van der Waals surface area contributed by atoms with E-state index in [2.05, 4.69) is 42.8 Å². The minimum absolute atomic E-state index is 0.200. The predicted octanol–water partition coefficient (Wildman–Crippen LogP) is 4.06. The molecular formula is C17H23ClN2O. The van der Waals surface area contributed by atoms with Gasteiger partial charge in [-0.1, -0.05) is 43.1 Å². The summed E-state index contributed by atoms with van der Waals surface area (Å²) >= 11 is 6.02. The van der Waals surface area contributed by atoms with E-state index in [1.54, 1.807) is 0 Å². The molecule has 0 atom stereocenters. The van der Waals surface area contributed by atoms with E-state index in [1.807, 2.05) is 13.1 Å². The molecule has 0 saturated heterocycles. The third-order valence-corrected chi connectivity index (χ3v) is 3.54. The van der Waals surface area contributed by atoms with Crippen LogP contribution in [0.1, 0.15) is 36.5 Å². The van der Waals surface area contributed by atoms with Gasteiger partial charge in [0, 0.05) is 25.2 Å². The number of rotatable bonds is 6. The Morgan fingerprint density at radius 1 is 1.33 bits per heavy atom. The van der Waals surface area contributed by atoms with Crippen molar-refractivity contribution in [1.29, 1.82) is 0 Å². The van der Waals surface area contributed by atoms with Gasteiger partial charge in [-0.2, -0.15) is 0 Å². The molecule has 0 aliphatic heterocycles. The fourth-order valence-corrected chi connectivity index (χ4v) is 2.33. The number of amidine groups is 1. The topological polar surface area (TPSA) is 32.7 Å².